The SMILES string of the molecule is CCCOCc1nnc(S(N)(=O)=O)n1CC. The molecule has 1 rings (SSSR count). The van der Waals surface area contributed by atoms with Gasteiger partial charge in [0.15, 0.2) is 5.82 Å². The van der Waals surface area contributed by atoms with Gasteiger partial charge in [-0.1, -0.05) is 6.92 Å². The van der Waals surface area contributed by atoms with Gasteiger partial charge in [0, 0.05) is 13.2 Å². The molecule has 0 fully saturated rings. The Morgan fingerprint density at radius 1 is 1.38 bits per heavy atom. The first-order valence-corrected chi connectivity index (χ1v) is 6.58. The number of sulfonamides is 1. The van der Waals surface area contributed by atoms with Crippen LogP contribution in [0.1, 0.15) is 26.1 Å². The lowest BCUT2D eigenvalue weighted by Crippen LogP contribution is -2.19. The van der Waals surface area contributed by atoms with Crippen LogP contribution in [0.2, 0.25) is 0 Å². The molecule has 0 aliphatic heterocycles. The van der Waals surface area contributed by atoms with E-state index >= 15 is 0 Å². The van der Waals surface area contributed by atoms with Crippen molar-refractivity contribution in [3.63, 3.8) is 0 Å². The molecule has 1 aromatic rings. The fourth-order valence-electron chi connectivity index (χ4n) is 1.26. The summed E-state index contributed by atoms with van der Waals surface area (Å²) < 4.78 is 29.1. The van der Waals surface area contributed by atoms with E-state index in [4.69, 9.17) is 9.88 Å². The molecule has 0 radical (unpaired) electrons. The summed E-state index contributed by atoms with van der Waals surface area (Å²) in [4.78, 5) is 0. The van der Waals surface area contributed by atoms with Crippen molar-refractivity contribution in [3.8, 4) is 0 Å². The maximum atomic E-state index is 11.2. The van der Waals surface area contributed by atoms with Crippen LogP contribution >= 0.6 is 0 Å². The summed E-state index contributed by atoms with van der Waals surface area (Å²) in [5.41, 5.74) is 0. The molecule has 0 aromatic carbocycles. The minimum absolute atomic E-state index is 0.218. The molecule has 0 spiro atoms. The highest BCUT2D eigenvalue weighted by molar-refractivity contribution is 7.89. The van der Waals surface area contributed by atoms with E-state index in [1.807, 2.05) is 6.92 Å². The molecular formula is C8H16N4O3S. The molecule has 7 nitrogen and oxygen atoms in total. The molecular weight excluding hydrogens is 232 g/mol. The molecule has 0 amide bonds. The largest absolute Gasteiger partial charge is 0.373 e. The smallest absolute Gasteiger partial charge is 0.273 e. The molecule has 92 valence electrons. The number of primary sulfonamides is 1. The van der Waals surface area contributed by atoms with Crippen molar-refractivity contribution in [3.05, 3.63) is 5.82 Å². The van der Waals surface area contributed by atoms with Crippen molar-refractivity contribution >= 4 is 10.0 Å². The molecule has 0 saturated carbocycles. The summed E-state index contributed by atoms with van der Waals surface area (Å²) in [5, 5.41) is 12.1. The molecule has 16 heavy (non-hydrogen) atoms. The zero-order valence-corrected chi connectivity index (χ0v) is 10.2. The second-order valence-corrected chi connectivity index (χ2v) is 4.70. The Morgan fingerprint density at radius 2 is 2.06 bits per heavy atom. The quantitative estimate of drug-likeness (QED) is 0.707. The second-order valence-electron chi connectivity index (χ2n) is 3.24. The Labute approximate surface area is 94.7 Å². The molecule has 8 heteroatoms. The van der Waals surface area contributed by atoms with Crippen LogP contribution in [0, 0.1) is 0 Å². The topological polar surface area (TPSA) is 100 Å². The molecule has 0 saturated heterocycles. The molecule has 0 unspecified atom stereocenters. The molecule has 2 N–H and O–H groups in total. The Bertz CT molecular complexity index is 440. The lowest BCUT2D eigenvalue weighted by Gasteiger charge is -2.06. The zero-order valence-electron chi connectivity index (χ0n) is 9.38. The summed E-state index contributed by atoms with van der Waals surface area (Å²) in [5.74, 6) is 0.472. The lowest BCUT2D eigenvalue weighted by molar-refractivity contribution is 0.113. The third-order valence-electron chi connectivity index (χ3n) is 1.94. The van der Waals surface area contributed by atoms with Gasteiger partial charge in [-0.2, -0.15) is 0 Å². The summed E-state index contributed by atoms with van der Waals surface area (Å²) in [6.07, 6.45) is 0.891. The van der Waals surface area contributed by atoms with Crippen molar-refractivity contribution in [2.75, 3.05) is 6.61 Å². The minimum atomic E-state index is -3.82. The number of nitrogens with zero attached hydrogens (tertiary/aromatic N) is 3. The highest BCUT2D eigenvalue weighted by Gasteiger charge is 2.19. The van der Waals surface area contributed by atoms with Crippen LogP contribution in [-0.2, 0) is 27.9 Å². The van der Waals surface area contributed by atoms with Crippen molar-refractivity contribution in [2.45, 2.75) is 38.6 Å². The van der Waals surface area contributed by atoms with Crippen molar-refractivity contribution < 1.29 is 13.2 Å². The second kappa shape index (κ2) is 5.37. The van der Waals surface area contributed by atoms with E-state index in [-0.39, 0.29) is 11.8 Å². The van der Waals surface area contributed by atoms with Gasteiger partial charge >= 0.3 is 0 Å². The first kappa shape index (κ1) is 13.1. The molecule has 1 heterocycles. The normalized spacial score (nSPS) is 11.9. The average molecular weight is 248 g/mol. The van der Waals surface area contributed by atoms with Gasteiger partial charge in [0.25, 0.3) is 15.2 Å². The van der Waals surface area contributed by atoms with Crippen LogP contribution in [0.15, 0.2) is 5.16 Å². The van der Waals surface area contributed by atoms with Crippen molar-refractivity contribution in [2.24, 2.45) is 5.14 Å². The van der Waals surface area contributed by atoms with Gasteiger partial charge in [-0.05, 0) is 13.3 Å². The lowest BCUT2D eigenvalue weighted by atomic mass is 10.5. The standard InChI is InChI=1S/C8H16N4O3S/c1-3-5-15-6-7-10-11-8(12(7)4-2)16(9,13)14/h3-6H2,1-2H3,(H2,9,13,14). The first-order chi connectivity index (χ1) is 7.50. The van der Waals surface area contributed by atoms with Gasteiger partial charge in [-0.3, -0.25) is 4.57 Å². The summed E-state index contributed by atoms with van der Waals surface area (Å²) in [6, 6.07) is 0. The summed E-state index contributed by atoms with van der Waals surface area (Å²) >= 11 is 0. The highest BCUT2D eigenvalue weighted by Crippen LogP contribution is 2.08. The molecule has 0 atom stereocenters. The van der Waals surface area contributed by atoms with Crippen LogP contribution in [0.3, 0.4) is 0 Å². The van der Waals surface area contributed by atoms with E-state index in [0.29, 0.717) is 19.0 Å². The van der Waals surface area contributed by atoms with Gasteiger partial charge in [-0.15, -0.1) is 10.2 Å². The zero-order chi connectivity index (χ0) is 12.2. The van der Waals surface area contributed by atoms with E-state index in [0.717, 1.165) is 6.42 Å². The fraction of sp³-hybridized carbons (Fsp3) is 0.750. The third-order valence-corrected chi connectivity index (χ3v) is 2.75. The Balaban J connectivity index is 2.91. The Kier molecular flexibility index (Phi) is 4.39. The van der Waals surface area contributed by atoms with E-state index in [1.165, 1.54) is 4.57 Å². The van der Waals surface area contributed by atoms with Crippen molar-refractivity contribution in [1.29, 1.82) is 0 Å². The maximum Gasteiger partial charge on any atom is 0.273 e. The van der Waals surface area contributed by atoms with Gasteiger partial charge in [0.1, 0.15) is 6.61 Å². The van der Waals surface area contributed by atoms with Crippen LogP contribution in [0.4, 0.5) is 0 Å². The highest BCUT2D eigenvalue weighted by atomic mass is 32.2. The number of hydrogen-bond donors (Lipinski definition) is 1. The molecule has 0 aliphatic carbocycles. The predicted molar refractivity (Wildman–Crippen MR) is 57.0 cm³/mol. The van der Waals surface area contributed by atoms with E-state index in [2.05, 4.69) is 10.2 Å². The fourth-order valence-corrected chi connectivity index (χ4v) is 1.96. The van der Waals surface area contributed by atoms with Gasteiger partial charge in [0.05, 0.1) is 0 Å². The number of rotatable bonds is 6. The van der Waals surface area contributed by atoms with Gasteiger partial charge in [-0.25, -0.2) is 13.6 Å². The van der Waals surface area contributed by atoms with Crippen molar-refractivity contribution in [1.82, 2.24) is 14.8 Å². The van der Waals surface area contributed by atoms with E-state index in [9.17, 15) is 8.42 Å². The Hall–Kier alpha value is -0.990. The van der Waals surface area contributed by atoms with Crippen LogP contribution in [-0.4, -0.2) is 29.8 Å². The summed E-state index contributed by atoms with van der Waals surface area (Å²) in [6.45, 7) is 5.05. The average Bonchev–Trinajstić information content (AvgIpc) is 2.60. The monoisotopic (exact) mass is 248 g/mol. The number of hydrogen-bond acceptors (Lipinski definition) is 5. The summed E-state index contributed by atoms with van der Waals surface area (Å²) in [7, 11) is -3.82. The number of aromatic nitrogens is 3. The van der Waals surface area contributed by atoms with Crippen LogP contribution in [0.5, 0.6) is 0 Å². The number of nitrogens with two attached hydrogens (primary N) is 1. The van der Waals surface area contributed by atoms with Crippen LogP contribution in [0.25, 0.3) is 0 Å². The molecule has 0 aliphatic rings. The molecule has 0 bridgehead atoms. The van der Waals surface area contributed by atoms with Gasteiger partial charge < -0.3 is 4.74 Å². The van der Waals surface area contributed by atoms with Crippen LogP contribution < -0.4 is 5.14 Å². The predicted octanol–water partition coefficient (Wildman–Crippen LogP) is -0.128. The van der Waals surface area contributed by atoms with E-state index in [1.54, 1.807) is 6.92 Å². The first-order valence-electron chi connectivity index (χ1n) is 5.03. The van der Waals surface area contributed by atoms with E-state index < -0.39 is 10.0 Å². The third kappa shape index (κ3) is 3.00. The Morgan fingerprint density at radius 3 is 2.56 bits per heavy atom. The minimum Gasteiger partial charge on any atom is -0.373 e. The van der Waals surface area contributed by atoms with Gasteiger partial charge in [0.2, 0.25) is 0 Å². The number of ether oxygens (including phenoxy) is 1. The maximum absolute atomic E-state index is 11.2. The molecule has 1 aromatic heterocycles.